The molecule has 0 aromatic carbocycles. The van der Waals surface area contributed by atoms with E-state index in [1.54, 1.807) is 0 Å². The van der Waals surface area contributed by atoms with Crippen molar-refractivity contribution < 1.29 is 14.3 Å². The number of carbonyl (C=O) groups excluding carboxylic acids is 1. The van der Waals surface area contributed by atoms with Crippen LogP contribution in [0.4, 0.5) is 0 Å². The van der Waals surface area contributed by atoms with Crippen LogP contribution < -0.4 is 0 Å². The third kappa shape index (κ3) is 11.8. The average molecular weight is 244 g/mol. The van der Waals surface area contributed by atoms with Gasteiger partial charge in [-0.15, -0.1) is 0 Å². The zero-order valence-electron chi connectivity index (χ0n) is 11.5. The highest BCUT2D eigenvalue weighted by atomic mass is 16.7. The molecule has 3 nitrogen and oxygen atoms in total. The molecule has 0 atom stereocenters. The normalized spacial score (nSPS) is 11.0. The average Bonchev–Trinajstić information content (AvgIpc) is 2.36. The lowest BCUT2D eigenvalue weighted by atomic mass is 10.2. The highest BCUT2D eigenvalue weighted by Gasteiger charge is 2.06. The second-order valence-electron chi connectivity index (χ2n) is 4.37. The highest BCUT2D eigenvalue weighted by molar-refractivity contribution is 5.53. The summed E-state index contributed by atoms with van der Waals surface area (Å²) < 4.78 is 10.7. The van der Waals surface area contributed by atoms with Crippen LogP contribution in [0.1, 0.15) is 65.2 Å². The van der Waals surface area contributed by atoms with E-state index in [4.69, 9.17) is 9.47 Å². The molecule has 0 radical (unpaired) electrons. The van der Waals surface area contributed by atoms with E-state index < -0.39 is 6.29 Å². The summed E-state index contributed by atoms with van der Waals surface area (Å²) in [5, 5.41) is 0. The zero-order valence-corrected chi connectivity index (χ0v) is 11.5. The summed E-state index contributed by atoms with van der Waals surface area (Å²) in [6, 6.07) is 0. The van der Waals surface area contributed by atoms with Crippen molar-refractivity contribution in [1.82, 2.24) is 0 Å². The first-order valence-electron chi connectivity index (χ1n) is 7.03. The van der Waals surface area contributed by atoms with Gasteiger partial charge in [0.15, 0.2) is 6.29 Å². The first-order chi connectivity index (χ1) is 8.35. The number of unbranched alkanes of at least 4 members (excludes halogenated alkanes) is 6. The third-order valence-electron chi connectivity index (χ3n) is 2.67. The Morgan fingerprint density at radius 1 is 0.824 bits per heavy atom. The second kappa shape index (κ2) is 13.7. The predicted molar refractivity (Wildman–Crippen MR) is 70.0 cm³/mol. The largest absolute Gasteiger partial charge is 0.346 e. The van der Waals surface area contributed by atoms with Crippen molar-refractivity contribution in [3.8, 4) is 0 Å². The number of hydrogen-bond acceptors (Lipinski definition) is 3. The fourth-order valence-corrected chi connectivity index (χ4v) is 1.58. The standard InChI is InChI=1S/C14H28O3/c1-3-5-7-9-11-16-14(13-15)17-12-10-8-6-4-2/h13-14H,3-12H2,1-2H3. The van der Waals surface area contributed by atoms with Gasteiger partial charge in [0.25, 0.3) is 0 Å². The minimum absolute atomic E-state index is 0.623. The molecule has 17 heavy (non-hydrogen) atoms. The number of aldehydes is 1. The maximum atomic E-state index is 10.7. The minimum atomic E-state index is -0.654. The lowest BCUT2D eigenvalue weighted by Gasteiger charge is -2.12. The van der Waals surface area contributed by atoms with Crippen molar-refractivity contribution in [3.63, 3.8) is 0 Å². The maximum Gasteiger partial charge on any atom is 0.214 e. The number of carbonyl (C=O) groups is 1. The van der Waals surface area contributed by atoms with Gasteiger partial charge in [-0.1, -0.05) is 52.4 Å². The Hall–Kier alpha value is -0.410. The summed E-state index contributed by atoms with van der Waals surface area (Å²) in [7, 11) is 0. The molecular formula is C14H28O3. The molecule has 0 heterocycles. The monoisotopic (exact) mass is 244 g/mol. The molecule has 0 N–H and O–H groups in total. The van der Waals surface area contributed by atoms with E-state index in [9.17, 15) is 4.79 Å². The highest BCUT2D eigenvalue weighted by Crippen LogP contribution is 2.03. The summed E-state index contributed by atoms with van der Waals surface area (Å²) in [4.78, 5) is 10.7. The van der Waals surface area contributed by atoms with Crippen LogP contribution in [0.5, 0.6) is 0 Å². The Labute approximate surface area is 106 Å². The van der Waals surface area contributed by atoms with Gasteiger partial charge < -0.3 is 9.47 Å². The Balaban J connectivity index is 3.33. The second-order valence-corrected chi connectivity index (χ2v) is 4.37. The molecule has 0 aromatic rings. The van der Waals surface area contributed by atoms with Gasteiger partial charge in [-0.3, -0.25) is 4.79 Å². The molecule has 3 heteroatoms. The van der Waals surface area contributed by atoms with Crippen LogP contribution in [0.25, 0.3) is 0 Å². The molecule has 0 spiro atoms. The fourth-order valence-electron chi connectivity index (χ4n) is 1.58. The Morgan fingerprint density at radius 3 is 1.65 bits per heavy atom. The van der Waals surface area contributed by atoms with E-state index in [1.165, 1.54) is 38.5 Å². The first-order valence-corrected chi connectivity index (χ1v) is 7.03. The smallest absolute Gasteiger partial charge is 0.214 e. The van der Waals surface area contributed by atoms with Crippen LogP contribution >= 0.6 is 0 Å². The van der Waals surface area contributed by atoms with E-state index in [1.807, 2.05) is 0 Å². The third-order valence-corrected chi connectivity index (χ3v) is 2.67. The van der Waals surface area contributed by atoms with Gasteiger partial charge in [0.1, 0.15) is 0 Å². The molecule has 0 fully saturated rings. The molecule has 0 bridgehead atoms. The lowest BCUT2D eigenvalue weighted by Crippen LogP contribution is -2.20. The van der Waals surface area contributed by atoms with E-state index >= 15 is 0 Å². The van der Waals surface area contributed by atoms with Crippen LogP contribution in [0.2, 0.25) is 0 Å². The van der Waals surface area contributed by atoms with Crippen molar-refractivity contribution in [3.05, 3.63) is 0 Å². The van der Waals surface area contributed by atoms with Gasteiger partial charge >= 0.3 is 0 Å². The lowest BCUT2D eigenvalue weighted by molar-refractivity contribution is -0.158. The van der Waals surface area contributed by atoms with Gasteiger partial charge in [0.05, 0.1) is 13.2 Å². The van der Waals surface area contributed by atoms with E-state index in [2.05, 4.69) is 13.8 Å². The number of rotatable bonds is 13. The fraction of sp³-hybridized carbons (Fsp3) is 0.929. The predicted octanol–water partition coefficient (Wildman–Crippen LogP) is 3.71. The van der Waals surface area contributed by atoms with Crippen molar-refractivity contribution in [2.24, 2.45) is 0 Å². The molecule has 0 saturated heterocycles. The van der Waals surface area contributed by atoms with Crippen molar-refractivity contribution >= 4 is 6.29 Å². The zero-order chi connectivity index (χ0) is 12.8. The molecule has 0 aliphatic carbocycles. The summed E-state index contributed by atoms with van der Waals surface area (Å²) in [6.45, 7) is 5.60. The topological polar surface area (TPSA) is 35.5 Å². The molecule has 0 aliphatic rings. The van der Waals surface area contributed by atoms with E-state index in [0.717, 1.165) is 19.1 Å². The molecule has 0 aliphatic heterocycles. The Bertz CT molecular complexity index is 146. The first kappa shape index (κ1) is 16.6. The van der Waals surface area contributed by atoms with Gasteiger partial charge in [0.2, 0.25) is 6.29 Å². The molecule has 102 valence electrons. The molecule has 0 rings (SSSR count). The van der Waals surface area contributed by atoms with Crippen LogP contribution in [0.15, 0.2) is 0 Å². The quantitative estimate of drug-likeness (QED) is 0.281. The Kier molecular flexibility index (Phi) is 13.3. The van der Waals surface area contributed by atoms with Crippen molar-refractivity contribution in [2.45, 2.75) is 71.5 Å². The minimum Gasteiger partial charge on any atom is -0.346 e. The van der Waals surface area contributed by atoms with Gasteiger partial charge in [-0.05, 0) is 12.8 Å². The molecule has 0 aromatic heterocycles. The summed E-state index contributed by atoms with van der Waals surface area (Å²) >= 11 is 0. The SMILES string of the molecule is CCCCCCOC(C=O)OCCCCCC. The van der Waals surface area contributed by atoms with E-state index in [-0.39, 0.29) is 0 Å². The maximum absolute atomic E-state index is 10.7. The van der Waals surface area contributed by atoms with Crippen LogP contribution in [0.3, 0.4) is 0 Å². The summed E-state index contributed by atoms with van der Waals surface area (Å²) in [5.41, 5.74) is 0. The van der Waals surface area contributed by atoms with Crippen molar-refractivity contribution in [1.29, 1.82) is 0 Å². The van der Waals surface area contributed by atoms with E-state index in [0.29, 0.717) is 13.2 Å². The molecule has 0 saturated carbocycles. The van der Waals surface area contributed by atoms with Gasteiger partial charge in [0, 0.05) is 0 Å². The van der Waals surface area contributed by atoms with Crippen LogP contribution in [0, 0.1) is 0 Å². The summed E-state index contributed by atoms with van der Waals surface area (Å²) in [5.74, 6) is 0. The molecule has 0 amide bonds. The van der Waals surface area contributed by atoms with Crippen molar-refractivity contribution in [2.75, 3.05) is 13.2 Å². The van der Waals surface area contributed by atoms with Gasteiger partial charge in [-0.2, -0.15) is 0 Å². The number of ether oxygens (including phenoxy) is 2. The Morgan fingerprint density at radius 2 is 1.29 bits per heavy atom. The number of hydrogen-bond donors (Lipinski definition) is 0. The molecule has 0 unspecified atom stereocenters. The molecular weight excluding hydrogens is 216 g/mol. The van der Waals surface area contributed by atoms with Crippen LogP contribution in [-0.2, 0) is 14.3 Å². The van der Waals surface area contributed by atoms with Gasteiger partial charge in [-0.25, -0.2) is 0 Å². The summed E-state index contributed by atoms with van der Waals surface area (Å²) in [6.07, 6.45) is 9.33. The van der Waals surface area contributed by atoms with Crippen LogP contribution in [-0.4, -0.2) is 25.8 Å².